The highest BCUT2D eigenvalue weighted by Gasteiger charge is 2.28. The van der Waals surface area contributed by atoms with Crippen LogP contribution < -0.4 is 5.01 Å². The zero-order valence-corrected chi connectivity index (χ0v) is 13.2. The number of carbonyl (C=O) groups excluding carboxylic acids is 1. The molecule has 1 aromatic carbocycles. The number of benzene rings is 1. The Morgan fingerprint density at radius 3 is 2.87 bits per heavy atom. The fraction of sp³-hybridized carbons (Fsp3) is 0.421. The molecule has 0 radical (unpaired) electrons. The van der Waals surface area contributed by atoms with Gasteiger partial charge in [-0.3, -0.25) is 9.78 Å². The lowest BCUT2D eigenvalue weighted by molar-refractivity contribution is -0.116. The molecule has 1 saturated carbocycles. The average Bonchev–Trinajstić information content (AvgIpc) is 2.95. The summed E-state index contributed by atoms with van der Waals surface area (Å²) < 4.78 is 0. The van der Waals surface area contributed by atoms with Gasteiger partial charge in [-0.05, 0) is 24.5 Å². The highest BCUT2D eigenvalue weighted by Crippen LogP contribution is 2.32. The van der Waals surface area contributed by atoms with Gasteiger partial charge in [0.2, 0.25) is 0 Å². The van der Waals surface area contributed by atoms with E-state index in [2.05, 4.69) is 10.1 Å². The maximum atomic E-state index is 12.5. The van der Waals surface area contributed by atoms with E-state index in [1.807, 2.05) is 30.5 Å². The average molecular weight is 307 g/mol. The summed E-state index contributed by atoms with van der Waals surface area (Å²) in [4.78, 5) is 16.6. The number of hydrogen-bond acceptors (Lipinski definition) is 3. The summed E-state index contributed by atoms with van der Waals surface area (Å²) in [5.41, 5.74) is 1.92. The van der Waals surface area contributed by atoms with Gasteiger partial charge in [0, 0.05) is 28.9 Å². The van der Waals surface area contributed by atoms with Gasteiger partial charge in [0.25, 0.3) is 5.91 Å². The van der Waals surface area contributed by atoms with Crippen molar-refractivity contribution >= 4 is 28.1 Å². The van der Waals surface area contributed by atoms with Gasteiger partial charge in [0.15, 0.2) is 0 Å². The summed E-state index contributed by atoms with van der Waals surface area (Å²) >= 11 is 0. The number of aromatic nitrogens is 1. The first-order chi connectivity index (χ1) is 11.3. The standard InChI is InChI=1S/C19H21N3O/c23-19-12-16(11-14-5-2-1-3-6-14)21-22(19)18-8-4-7-15-13-20-10-9-17(15)18/h4,7-10,13-14H,1-3,5-6,11-12H2. The van der Waals surface area contributed by atoms with E-state index < -0.39 is 0 Å². The molecule has 0 saturated heterocycles. The molecule has 0 bridgehead atoms. The summed E-state index contributed by atoms with van der Waals surface area (Å²) in [6.45, 7) is 0. The molecule has 1 fully saturated rings. The van der Waals surface area contributed by atoms with E-state index in [-0.39, 0.29) is 5.91 Å². The van der Waals surface area contributed by atoms with Crippen molar-refractivity contribution in [2.24, 2.45) is 11.0 Å². The number of hydrogen-bond donors (Lipinski definition) is 0. The molecular formula is C19H21N3O. The molecule has 0 atom stereocenters. The summed E-state index contributed by atoms with van der Waals surface area (Å²) in [6.07, 6.45) is 11.6. The van der Waals surface area contributed by atoms with Crippen molar-refractivity contribution in [1.29, 1.82) is 0 Å². The molecule has 4 nitrogen and oxygen atoms in total. The van der Waals surface area contributed by atoms with Crippen molar-refractivity contribution in [3.8, 4) is 0 Å². The number of anilines is 1. The van der Waals surface area contributed by atoms with Gasteiger partial charge in [0.05, 0.1) is 12.1 Å². The second-order valence-corrected chi connectivity index (χ2v) is 6.63. The van der Waals surface area contributed by atoms with Gasteiger partial charge in [0.1, 0.15) is 0 Å². The van der Waals surface area contributed by atoms with Gasteiger partial charge in [-0.1, -0.05) is 44.2 Å². The van der Waals surface area contributed by atoms with Crippen molar-refractivity contribution in [2.75, 3.05) is 5.01 Å². The zero-order valence-electron chi connectivity index (χ0n) is 13.2. The Kier molecular flexibility index (Phi) is 3.82. The lowest BCUT2D eigenvalue weighted by atomic mass is 9.85. The van der Waals surface area contributed by atoms with Crippen LogP contribution in [0.4, 0.5) is 5.69 Å². The Labute approximate surface area is 136 Å². The largest absolute Gasteiger partial charge is 0.272 e. The van der Waals surface area contributed by atoms with E-state index >= 15 is 0 Å². The van der Waals surface area contributed by atoms with E-state index in [1.165, 1.54) is 32.1 Å². The first-order valence-electron chi connectivity index (χ1n) is 8.53. The topological polar surface area (TPSA) is 45.6 Å². The summed E-state index contributed by atoms with van der Waals surface area (Å²) in [7, 11) is 0. The predicted octanol–water partition coefficient (Wildman–Crippen LogP) is 4.30. The van der Waals surface area contributed by atoms with Gasteiger partial charge in [-0.15, -0.1) is 0 Å². The molecule has 0 unspecified atom stereocenters. The van der Waals surface area contributed by atoms with Crippen molar-refractivity contribution in [3.05, 3.63) is 36.7 Å². The molecule has 2 aliphatic rings. The minimum absolute atomic E-state index is 0.0834. The molecule has 1 aromatic heterocycles. The number of rotatable bonds is 3. The van der Waals surface area contributed by atoms with E-state index in [0.29, 0.717) is 12.3 Å². The predicted molar refractivity (Wildman–Crippen MR) is 92.5 cm³/mol. The van der Waals surface area contributed by atoms with Gasteiger partial charge in [-0.25, -0.2) is 0 Å². The van der Waals surface area contributed by atoms with Crippen molar-refractivity contribution in [1.82, 2.24) is 4.98 Å². The molecule has 4 heteroatoms. The fourth-order valence-electron chi connectivity index (χ4n) is 3.80. The van der Waals surface area contributed by atoms with E-state index in [4.69, 9.17) is 0 Å². The fourth-order valence-corrected chi connectivity index (χ4v) is 3.80. The number of hydrazone groups is 1. The molecule has 0 N–H and O–H groups in total. The molecule has 23 heavy (non-hydrogen) atoms. The third kappa shape index (κ3) is 2.85. The normalized spacial score (nSPS) is 19.4. The van der Waals surface area contributed by atoms with Gasteiger partial charge >= 0.3 is 0 Å². The number of pyridine rings is 1. The second-order valence-electron chi connectivity index (χ2n) is 6.63. The van der Waals surface area contributed by atoms with Crippen LogP contribution >= 0.6 is 0 Å². The van der Waals surface area contributed by atoms with Crippen molar-refractivity contribution in [2.45, 2.75) is 44.9 Å². The number of nitrogens with zero attached hydrogens (tertiary/aromatic N) is 3. The third-order valence-corrected chi connectivity index (χ3v) is 4.97. The summed E-state index contributed by atoms with van der Waals surface area (Å²) in [5.74, 6) is 0.798. The van der Waals surface area contributed by atoms with E-state index in [0.717, 1.165) is 28.6 Å². The number of carbonyl (C=O) groups is 1. The Morgan fingerprint density at radius 1 is 1.13 bits per heavy atom. The third-order valence-electron chi connectivity index (χ3n) is 4.97. The van der Waals surface area contributed by atoms with Crippen LogP contribution in [0.1, 0.15) is 44.9 Å². The molecule has 0 spiro atoms. The Hall–Kier alpha value is -2.23. The SMILES string of the molecule is O=C1CC(CC2CCCCC2)=NN1c1cccc2cnccc12. The maximum absolute atomic E-state index is 12.5. The quantitative estimate of drug-likeness (QED) is 0.848. The summed E-state index contributed by atoms with van der Waals surface area (Å²) in [6, 6.07) is 7.89. The highest BCUT2D eigenvalue weighted by molar-refractivity contribution is 6.15. The van der Waals surface area contributed by atoms with Gasteiger partial charge in [-0.2, -0.15) is 10.1 Å². The molecular weight excluding hydrogens is 286 g/mol. The minimum Gasteiger partial charge on any atom is -0.272 e. The Morgan fingerprint density at radius 2 is 2.00 bits per heavy atom. The monoisotopic (exact) mass is 307 g/mol. The van der Waals surface area contributed by atoms with Crippen LogP contribution in [0.15, 0.2) is 41.8 Å². The first-order valence-corrected chi connectivity index (χ1v) is 8.53. The molecule has 1 amide bonds. The molecule has 2 aromatic rings. The van der Waals surface area contributed by atoms with Crippen LogP contribution in [0.3, 0.4) is 0 Å². The minimum atomic E-state index is 0.0834. The molecule has 118 valence electrons. The second kappa shape index (κ2) is 6.11. The van der Waals surface area contributed by atoms with Crippen LogP contribution in [-0.2, 0) is 4.79 Å². The zero-order chi connectivity index (χ0) is 15.6. The molecule has 2 heterocycles. The smallest absolute Gasteiger partial charge is 0.253 e. The lowest BCUT2D eigenvalue weighted by Crippen LogP contribution is -2.19. The molecule has 1 aliphatic heterocycles. The molecule has 1 aliphatic carbocycles. The lowest BCUT2D eigenvalue weighted by Gasteiger charge is -2.20. The number of amides is 1. The Balaban J connectivity index is 1.61. The van der Waals surface area contributed by atoms with Gasteiger partial charge < -0.3 is 0 Å². The van der Waals surface area contributed by atoms with Crippen molar-refractivity contribution < 1.29 is 4.79 Å². The number of fused-ring (bicyclic) bond motifs is 1. The Bertz CT molecular complexity index is 757. The van der Waals surface area contributed by atoms with Crippen LogP contribution in [-0.4, -0.2) is 16.6 Å². The van der Waals surface area contributed by atoms with E-state index in [9.17, 15) is 4.79 Å². The van der Waals surface area contributed by atoms with Crippen LogP contribution in [0.2, 0.25) is 0 Å². The highest BCUT2D eigenvalue weighted by atomic mass is 16.2. The first kappa shape index (κ1) is 14.4. The van der Waals surface area contributed by atoms with E-state index in [1.54, 1.807) is 11.2 Å². The summed E-state index contributed by atoms with van der Waals surface area (Å²) in [5, 5.41) is 8.32. The molecule has 4 rings (SSSR count). The van der Waals surface area contributed by atoms with Crippen LogP contribution in [0.5, 0.6) is 0 Å². The van der Waals surface area contributed by atoms with Crippen LogP contribution in [0, 0.1) is 5.92 Å². The van der Waals surface area contributed by atoms with Crippen molar-refractivity contribution in [3.63, 3.8) is 0 Å². The van der Waals surface area contributed by atoms with Crippen LogP contribution in [0.25, 0.3) is 10.8 Å². The maximum Gasteiger partial charge on any atom is 0.253 e.